The van der Waals surface area contributed by atoms with Gasteiger partial charge in [-0.25, -0.2) is 0 Å². The predicted octanol–water partition coefficient (Wildman–Crippen LogP) is 1.02. The summed E-state index contributed by atoms with van der Waals surface area (Å²) < 4.78 is 0. The Morgan fingerprint density at radius 1 is 1.15 bits per heavy atom. The number of carbonyl (C=O) groups is 4. The number of piperidine rings is 1. The average molecular weight is 372 g/mol. The fourth-order valence-electron chi connectivity index (χ4n) is 3.36. The smallest absolute Gasteiger partial charge is 0.262 e. The van der Waals surface area contributed by atoms with E-state index in [-0.39, 0.29) is 29.5 Å². The Morgan fingerprint density at radius 3 is 2.44 bits per heavy atom. The third-order valence-electron chi connectivity index (χ3n) is 5.49. The summed E-state index contributed by atoms with van der Waals surface area (Å²) in [5.41, 5.74) is 7.15. The van der Waals surface area contributed by atoms with E-state index in [2.05, 4.69) is 10.6 Å². The van der Waals surface area contributed by atoms with E-state index in [4.69, 9.17) is 5.73 Å². The maximum atomic E-state index is 12.8. The molecule has 1 fully saturated rings. The van der Waals surface area contributed by atoms with E-state index >= 15 is 0 Å². The second-order valence-corrected chi connectivity index (χ2v) is 7.13. The Labute approximate surface area is 157 Å². The first kappa shape index (κ1) is 19.0. The van der Waals surface area contributed by atoms with E-state index in [0.29, 0.717) is 12.2 Å². The SMILES string of the molecule is CCC(N)(CC)CNc1ccc2c(c1)C(=O)N(C1CCC(=O)NC1=O)C2=O. The van der Waals surface area contributed by atoms with Gasteiger partial charge in [-0.2, -0.15) is 0 Å². The summed E-state index contributed by atoms with van der Waals surface area (Å²) in [7, 11) is 0. The van der Waals surface area contributed by atoms with E-state index in [1.165, 1.54) is 0 Å². The van der Waals surface area contributed by atoms with Gasteiger partial charge >= 0.3 is 0 Å². The van der Waals surface area contributed by atoms with Gasteiger partial charge in [0.25, 0.3) is 11.8 Å². The van der Waals surface area contributed by atoms with Gasteiger partial charge < -0.3 is 11.1 Å². The van der Waals surface area contributed by atoms with Crippen LogP contribution in [0.2, 0.25) is 0 Å². The first-order chi connectivity index (χ1) is 12.8. The number of nitrogens with two attached hydrogens (primary N) is 1. The maximum absolute atomic E-state index is 12.8. The summed E-state index contributed by atoms with van der Waals surface area (Å²) in [4.78, 5) is 49.8. The van der Waals surface area contributed by atoms with Crippen LogP contribution in [0.5, 0.6) is 0 Å². The number of nitrogens with one attached hydrogen (secondary N) is 2. The molecule has 4 N–H and O–H groups in total. The lowest BCUT2D eigenvalue weighted by Crippen LogP contribution is -2.54. The topological polar surface area (TPSA) is 122 Å². The summed E-state index contributed by atoms with van der Waals surface area (Å²) >= 11 is 0. The molecule has 144 valence electrons. The molecule has 0 spiro atoms. The Morgan fingerprint density at radius 2 is 1.81 bits per heavy atom. The van der Waals surface area contributed by atoms with Gasteiger partial charge in [-0.15, -0.1) is 0 Å². The molecule has 1 saturated heterocycles. The highest BCUT2D eigenvalue weighted by atomic mass is 16.2. The standard InChI is InChI=1S/C19H24N4O4/c1-3-19(20,4-2)10-21-11-5-6-12-13(9-11)18(27)23(17(12)26)14-7-8-15(24)22-16(14)25/h5-6,9,14,21H,3-4,7-8,10,20H2,1-2H3,(H,22,24,25). The first-order valence-electron chi connectivity index (χ1n) is 9.18. The van der Waals surface area contributed by atoms with Crippen molar-refractivity contribution in [2.75, 3.05) is 11.9 Å². The number of imide groups is 2. The van der Waals surface area contributed by atoms with Crippen LogP contribution in [0.4, 0.5) is 5.69 Å². The highest BCUT2D eigenvalue weighted by Gasteiger charge is 2.44. The second kappa shape index (κ2) is 7.11. The highest BCUT2D eigenvalue weighted by Crippen LogP contribution is 2.29. The molecule has 8 nitrogen and oxygen atoms in total. The summed E-state index contributed by atoms with van der Waals surface area (Å²) in [6, 6.07) is 3.97. The predicted molar refractivity (Wildman–Crippen MR) is 99.1 cm³/mol. The number of amides is 4. The van der Waals surface area contributed by atoms with Crippen LogP contribution in [0.15, 0.2) is 18.2 Å². The van der Waals surface area contributed by atoms with E-state index in [1.54, 1.807) is 18.2 Å². The van der Waals surface area contributed by atoms with Crippen LogP contribution in [0.1, 0.15) is 60.2 Å². The Bertz CT molecular complexity index is 816. The zero-order valence-electron chi connectivity index (χ0n) is 15.5. The number of rotatable bonds is 6. The molecular formula is C19H24N4O4. The zero-order chi connectivity index (χ0) is 19.8. The summed E-state index contributed by atoms with van der Waals surface area (Å²) in [5, 5.41) is 5.42. The van der Waals surface area contributed by atoms with Crippen LogP contribution in [0, 0.1) is 0 Å². The van der Waals surface area contributed by atoms with Crippen LogP contribution < -0.4 is 16.4 Å². The highest BCUT2D eigenvalue weighted by molar-refractivity contribution is 6.23. The molecule has 2 aliphatic rings. The van der Waals surface area contributed by atoms with Gasteiger partial charge in [-0.05, 0) is 37.5 Å². The number of nitrogens with zero attached hydrogens (tertiary/aromatic N) is 1. The molecule has 0 aromatic heterocycles. The third-order valence-corrected chi connectivity index (χ3v) is 5.49. The lowest BCUT2D eigenvalue weighted by molar-refractivity contribution is -0.136. The number of hydrogen-bond donors (Lipinski definition) is 3. The van der Waals surface area contributed by atoms with Gasteiger partial charge in [0.2, 0.25) is 11.8 Å². The first-order valence-corrected chi connectivity index (χ1v) is 9.18. The van der Waals surface area contributed by atoms with E-state index < -0.39 is 29.7 Å². The average Bonchev–Trinajstić information content (AvgIpc) is 2.90. The van der Waals surface area contributed by atoms with E-state index in [1.807, 2.05) is 13.8 Å². The second-order valence-electron chi connectivity index (χ2n) is 7.13. The molecule has 1 aromatic carbocycles. The van der Waals surface area contributed by atoms with Crippen molar-refractivity contribution in [2.45, 2.75) is 51.1 Å². The number of anilines is 1. The monoisotopic (exact) mass is 372 g/mol. The molecule has 2 aliphatic heterocycles. The third kappa shape index (κ3) is 3.44. The van der Waals surface area contributed by atoms with Crippen LogP contribution in [-0.4, -0.2) is 46.7 Å². The Balaban J connectivity index is 1.80. The minimum Gasteiger partial charge on any atom is -0.383 e. The molecule has 0 aliphatic carbocycles. The van der Waals surface area contributed by atoms with Crippen molar-refractivity contribution in [3.05, 3.63) is 29.3 Å². The molecular weight excluding hydrogens is 348 g/mol. The van der Waals surface area contributed by atoms with Crippen molar-refractivity contribution in [2.24, 2.45) is 5.73 Å². The zero-order valence-corrected chi connectivity index (χ0v) is 15.5. The summed E-state index contributed by atoms with van der Waals surface area (Å²) in [6.45, 7) is 4.58. The van der Waals surface area contributed by atoms with Crippen molar-refractivity contribution in [1.29, 1.82) is 0 Å². The lowest BCUT2D eigenvalue weighted by Gasteiger charge is -2.27. The number of hydrogen-bond acceptors (Lipinski definition) is 6. The molecule has 4 amide bonds. The van der Waals surface area contributed by atoms with Gasteiger partial charge in [0.15, 0.2) is 0 Å². The van der Waals surface area contributed by atoms with Crippen LogP contribution in [0.3, 0.4) is 0 Å². The molecule has 0 radical (unpaired) electrons. The maximum Gasteiger partial charge on any atom is 0.262 e. The molecule has 1 aromatic rings. The van der Waals surface area contributed by atoms with Gasteiger partial charge in [-0.1, -0.05) is 13.8 Å². The molecule has 27 heavy (non-hydrogen) atoms. The van der Waals surface area contributed by atoms with Crippen LogP contribution >= 0.6 is 0 Å². The fourth-order valence-corrected chi connectivity index (χ4v) is 3.36. The number of carbonyl (C=O) groups excluding carboxylic acids is 4. The molecule has 3 rings (SSSR count). The Hall–Kier alpha value is -2.74. The summed E-state index contributed by atoms with van der Waals surface area (Å²) in [5.74, 6) is -2.03. The minimum absolute atomic E-state index is 0.100. The summed E-state index contributed by atoms with van der Waals surface area (Å²) in [6.07, 6.45) is 1.86. The molecule has 0 bridgehead atoms. The van der Waals surface area contributed by atoms with Crippen molar-refractivity contribution in [3.63, 3.8) is 0 Å². The van der Waals surface area contributed by atoms with Crippen molar-refractivity contribution in [3.8, 4) is 0 Å². The fraction of sp³-hybridized carbons (Fsp3) is 0.474. The van der Waals surface area contributed by atoms with Crippen LogP contribution in [-0.2, 0) is 9.59 Å². The molecule has 8 heteroatoms. The van der Waals surface area contributed by atoms with Crippen molar-refractivity contribution in [1.82, 2.24) is 10.2 Å². The normalized spacial score (nSPS) is 20.0. The van der Waals surface area contributed by atoms with E-state index in [0.717, 1.165) is 17.7 Å². The van der Waals surface area contributed by atoms with Crippen molar-refractivity contribution >= 4 is 29.3 Å². The number of fused-ring (bicyclic) bond motifs is 1. The molecule has 2 heterocycles. The lowest BCUT2D eigenvalue weighted by atomic mass is 9.94. The molecule has 0 saturated carbocycles. The number of benzene rings is 1. The largest absolute Gasteiger partial charge is 0.383 e. The van der Waals surface area contributed by atoms with E-state index in [9.17, 15) is 19.2 Å². The quantitative estimate of drug-likeness (QED) is 0.641. The Kier molecular flexibility index (Phi) is 5.01. The minimum atomic E-state index is -0.955. The molecule has 1 atom stereocenters. The van der Waals surface area contributed by atoms with Gasteiger partial charge in [0.1, 0.15) is 6.04 Å². The molecule has 1 unspecified atom stereocenters. The van der Waals surface area contributed by atoms with Gasteiger partial charge in [-0.3, -0.25) is 29.4 Å². The van der Waals surface area contributed by atoms with Crippen molar-refractivity contribution < 1.29 is 19.2 Å². The van der Waals surface area contributed by atoms with Gasteiger partial charge in [0.05, 0.1) is 11.1 Å². The van der Waals surface area contributed by atoms with Gasteiger partial charge in [0, 0.05) is 24.2 Å². The van der Waals surface area contributed by atoms with Crippen LogP contribution in [0.25, 0.3) is 0 Å².